The van der Waals surface area contributed by atoms with E-state index in [1.54, 1.807) is 12.1 Å². The van der Waals surface area contributed by atoms with Crippen LogP contribution in [0.4, 0.5) is 4.39 Å². The minimum absolute atomic E-state index is 0.0684. The van der Waals surface area contributed by atoms with Gasteiger partial charge in [0.15, 0.2) is 0 Å². The SMILES string of the molecule is CC(C=O)CCc1ccc(F)c(Br)c1. The largest absolute Gasteiger partial charge is 0.303 e. The van der Waals surface area contributed by atoms with E-state index in [1.807, 2.05) is 6.92 Å². The molecule has 0 aliphatic carbocycles. The number of carbonyl (C=O) groups is 1. The molecule has 1 rings (SSSR count). The standard InChI is InChI=1S/C11H12BrFO/c1-8(7-14)2-3-9-4-5-11(13)10(12)6-9/h4-8H,2-3H2,1H3. The first-order chi connectivity index (χ1) is 6.63. The second-order valence-corrected chi connectivity index (χ2v) is 4.25. The Kier molecular flexibility index (Phi) is 4.26. The lowest BCUT2D eigenvalue weighted by atomic mass is 10.0. The summed E-state index contributed by atoms with van der Waals surface area (Å²) in [7, 11) is 0. The molecule has 0 spiro atoms. The lowest BCUT2D eigenvalue weighted by Gasteiger charge is -2.04. The molecule has 0 amide bonds. The molecule has 1 aromatic rings. The van der Waals surface area contributed by atoms with Gasteiger partial charge >= 0.3 is 0 Å². The number of carbonyl (C=O) groups excluding carboxylic acids is 1. The minimum Gasteiger partial charge on any atom is -0.303 e. The topological polar surface area (TPSA) is 17.1 Å². The summed E-state index contributed by atoms with van der Waals surface area (Å²) in [4.78, 5) is 10.4. The van der Waals surface area contributed by atoms with E-state index in [0.717, 1.165) is 24.7 Å². The Morgan fingerprint density at radius 2 is 2.29 bits per heavy atom. The maximum Gasteiger partial charge on any atom is 0.137 e. The maximum atomic E-state index is 12.9. The van der Waals surface area contributed by atoms with Crippen molar-refractivity contribution in [2.24, 2.45) is 5.92 Å². The predicted molar refractivity (Wildman–Crippen MR) is 57.6 cm³/mol. The predicted octanol–water partition coefficient (Wildman–Crippen LogP) is 3.36. The fraction of sp³-hybridized carbons (Fsp3) is 0.364. The second kappa shape index (κ2) is 5.25. The third-order valence-corrected chi connectivity index (χ3v) is 2.71. The summed E-state index contributed by atoms with van der Waals surface area (Å²) in [6, 6.07) is 4.94. The molecule has 0 fully saturated rings. The Balaban J connectivity index is 2.59. The number of hydrogen-bond acceptors (Lipinski definition) is 1. The van der Waals surface area contributed by atoms with Gasteiger partial charge in [-0.2, -0.15) is 0 Å². The zero-order chi connectivity index (χ0) is 10.6. The zero-order valence-electron chi connectivity index (χ0n) is 7.97. The van der Waals surface area contributed by atoms with Crippen LogP contribution in [0.25, 0.3) is 0 Å². The van der Waals surface area contributed by atoms with Crippen molar-refractivity contribution in [2.75, 3.05) is 0 Å². The van der Waals surface area contributed by atoms with Crippen molar-refractivity contribution in [3.8, 4) is 0 Å². The molecule has 1 nitrogen and oxygen atoms in total. The van der Waals surface area contributed by atoms with Crippen LogP contribution in [0.15, 0.2) is 22.7 Å². The molecule has 0 aromatic heterocycles. The summed E-state index contributed by atoms with van der Waals surface area (Å²) in [6.07, 6.45) is 2.55. The monoisotopic (exact) mass is 258 g/mol. The highest BCUT2D eigenvalue weighted by Crippen LogP contribution is 2.18. The van der Waals surface area contributed by atoms with Crippen molar-refractivity contribution in [2.45, 2.75) is 19.8 Å². The van der Waals surface area contributed by atoms with Crippen molar-refractivity contribution in [1.29, 1.82) is 0 Å². The van der Waals surface area contributed by atoms with Crippen LogP contribution in [-0.2, 0) is 11.2 Å². The molecule has 0 N–H and O–H groups in total. The van der Waals surface area contributed by atoms with Crippen molar-refractivity contribution in [3.63, 3.8) is 0 Å². The van der Waals surface area contributed by atoms with Crippen LogP contribution in [0.5, 0.6) is 0 Å². The van der Waals surface area contributed by atoms with Gasteiger partial charge in [0.1, 0.15) is 12.1 Å². The van der Waals surface area contributed by atoms with Crippen LogP contribution in [0.2, 0.25) is 0 Å². The van der Waals surface area contributed by atoms with E-state index >= 15 is 0 Å². The molecule has 0 radical (unpaired) electrons. The molecule has 1 unspecified atom stereocenters. The van der Waals surface area contributed by atoms with Gasteiger partial charge in [-0.15, -0.1) is 0 Å². The van der Waals surface area contributed by atoms with Crippen molar-refractivity contribution < 1.29 is 9.18 Å². The van der Waals surface area contributed by atoms with Crippen LogP contribution in [0.1, 0.15) is 18.9 Å². The van der Waals surface area contributed by atoms with Gasteiger partial charge in [0.05, 0.1) is 4.47 Å². The van der Waals surface area contributed by atoms with Gasteiger partial charge in [-0.1, -0.05) is 13.0 Å². The normalized spacial score (nSPS) is 12.5. The second-order valence-electron chi connectivity index (χ2n) is 3.40. The number of benzene rings is 1. The molecular weight excluding hydrogens is 247 g/mol. The van der Waals surface area contributed by atoms with Crippen LogP contribution >= 0.6 is 15.9 Å². The Labute approximate surface area is 91.5 Å². The molecule has 76 valence electrons. The van der Waals surface area contributed by atoms with Crippen LogP contribution < -0.4 is 0 Å². The molecule has 1 aromatic carbocycles. The molecule has 1 atom stereocenters. The van der Waals surface area contributed by atoms with Gasteiger partial charge in [0, 0.05) is 5.92 Å². The molecule has 0 aliphatic rings. The van der Waals surface area contributed by atoms with Gasteiger partial charge < -0.3 is 4.79 Å². The maximum absolute atomic E-state index is 12.9. The van der Waals surface area contributed by atoms with E-state index in [2.05, 4.69) is 15.9 Å². The Hall–Kier alpha value is -0.700. The van der Waals surface area contributed by atoms with Gasteiger partial charge in [-0.3, -0.25) is 0 Å². The van der Waals surface area contributed by atoms with Crippen LogP contribution in [0, 0.1) is 11.7 Å². The fourth-order valence-electron chi connectivity index (χ4n) is 1.16. The van der Waals surface area contributed by atoms with E-state index < -0.39 is 0 Å². The average molecular weight is 259 g/mol. The lowest BCUT2D eigenvalue weighted by Crippen LogP contribution is -1.98. The first-order valence-corrected chi connectivity index (χ1v) is 5.32. The van der Waals surface area contributed by atoms with E-state index in [1.165, 1.54) is 6.07 Å². The van der Waals surface area contributed by atoms with Crippen LogP contribution in [0.3, 0.4) is 0 Å². The highest BCUT2D eigenvalue weighted by molar-refractivity contribution is 9.10. The molecule has 3 heteroatoms. The summed E-state index contributed by atoms with van der Waals surface area (Å²) in [5, 5.41) is 0. The minimum atomic E-state index is -0.253. The van der Waals surface area contributed by atoms with Crippen molar-refractivity contribution in [1.82, 2.24) is 0 Å². The van der Waals surface area contributed by atoms with Gasteiger partial charge in [-0.25, -0.2) is 4.39 Å². The van der Waals surface area contributed by atoms with E-state index in [9.17, 15) is 9.18 Å². The smallest absolute Gasteiger partial charge is 0.137 e. The van der Waals surface area contributed by atoms with Crippen LogP contribution in [-0.4, -0.2) is 6.29 Å². The summed E-state index contributed by atoms with van der Waals surface area (Å²) in [6.45, 7) is 1.88. The number of rotatable bonds is 4. The molecular formula is C11H12BrFO. The first-order valence-electron chi connectivity index (χ1n) is 4.52. The molecule has 0 heterocycles. The van der Waals surface area contributed by atoms with E-state index in [4.69, 9.17) is 0 Å². The highest BCUT2D eigenvalue weighted by Gasteiger charge is 2.03. The van der Waals surface area contributed by atoms with Crippen molar-refractivity contribution >= 4 is 22.2 Å². The zero-order valence-corrected chi connectivity index (χ0v) is 9.55. The van der Waals surface area contributed by atoms with E-state index in [-0.39, 0.29) is 11.7 Å². The molecule has 0 saturated carbocycles. The average Bonchev–Trinajstić information content (AvgIpc) is 2.19. The quantitative estimate of drug-likeness (QED) is 0.758. The fourth-order valence-corrected chi connectivity index (χ4v) is 1.58. The lowest BCUT2D eigenvalue weighted by molar-refractivity contribution is -0.110. The summed E-state index contributed by atoms with van der Waals surface area (Å²) in [5.74, 6) is -0.184. The van der Waals surface area contributed by atoms with E-state index in [0.29, 0.717) is 4.47 Å². The molecule has 0 saturated heterocycles. The number of aldehydes is 1. The third-order valence-electron chi connectivity index (χ3n) is 2.10. The van der Waals surface area contributed by atoms with Gasteiger partial charge in [-0.05, 0) is 46.5 Å². The Morgan fingerprint density at radius 3 is 2.86 bits per heavy atom. The van der Waals surface area contributed by atoms with Gasteiger partial charge in [0.25, 0.3) is 0 Å². The molecule has 14 heavy (non-hydrogen) atoms. The van der Waals surface area contributed by atoms with Crippen molar-refractivity contribution in [3.05, 3.63) is 34.1 Å². The third kappa shape index (κ3) is 3.22. The van der Waals surface area contributed by atoms with Gasteiger partial charge in [0.2, 0.25) is 0 Å². The molecule has 0 bridgehead atoms. The number of aryl methyl sites for hydroxylation is 1. The number of hydrogen-bond donors (Lipinski definition) is 0. The summed E-state index contributed by atoms with van der Waals surface area (Å²) < 4.78 is 13.3. The first kappa shape index (κ1) is 11.4. The Bertz CT molecular complexity index is 325. The Morgan fingerprint density at radius 1 is 1.57 bits per heavy atom. The molecule has 0 aliphatic heterocycles. The highest BCUT2D eigenvalue weighted by atomic mass is 79.9. The summed E-state index contributed by atoms with van der Waals surface area (Å²) in [5.41, 5.74) is 1.05. The number of halogens is 2. The summed E-state index contributed by atoms with van der Waals surface area (Å²) >= 11 is 3.13.